The van der Waals surface area contributed by atoms with E-state index in [1.165, 1.54) is 6.42 Å². The molecule has 0 amide bonds. The molecular weight excluding hydrogens is 254 g/mol. The van der Waals surface area contributed by atoms with Crippen molar-refractivity contribution >= 4 is 5.96 Å². The van der Waals surface area contributed by atoms with Gasteiger partial charge in [-0.3, -0.25) is 0 Å². The second-order valence-corrected chi connectivity index (χ2v) is 4.52. The molecule has 0 atom stereocenters. The van der Waals surface area contributed by atoms with Crippen LogP contribution in [0.25, 0.3) is 0 Å². The maximum Gasteiger partial charge on any atom is 0.191 e. The predicted octanol–water partition coefficient (Wildman–Crippen LogP) is 2.54. The van der Waals surface area contributed by atoms with Crippen LogP contribution < -0.4 is 10.6 Å². The lowest BCUT2D eigenvalue weighted by molar-refractivity contribution is 0.129. The second-order valence-electron chi connectivity index (χ2n) is 4.52. The van der Waals surface area contributed by atoms with Gasteiger partial charge in [0.05, 0.1) is 6.26 Å². The number of hydrogen-bond acceptors (Lipinski definition) is 3. The number of aliphatic imine (C=N–C) groups is 1. The zero-order valence-corrected chi connectivity index (χ0v) is 12.7. The molecule has 0 bridgehead atoms. The summed E-state index contributed by atoms with van der Waals surface area (Å²) in [5.41, 5.74) is 0. The average Bonchev–Trinajstić information content (AvgIpc) is 2.97. The van der Waals surface area contributed by atoms with Crippen LogP contribution in [0.3, 0.4) is 0 Å². The minimum Gasteiger partial charge on any atom is -0.467 e. The van der Waals surface area contributed by atoms with Crippen LogP contribution >= 0.6 is 0 Å². The number of hydrogen-bond donors (Lipinski definition) is 2. The Balaban J connectivity index is 2.16. The molecule has 0 aliphatic carbocycles. The summed E-state index contributed by atoms with van der Waals surface area (Å²) >= 11 is 0. The molecule has 0 aromatic carbocycles. The van der Waals surface area contributed by atoms with Crippen molar-refractivity contribution in [1.82, 2.24) is 10.6 Å². The van der Waals surface area contributed by atoms with Crippen LogP contribution in [-0.4, -0.2) is 32.3 Å². The van der Waals surface area contributed by atoms with Crippen molar-refractivity contribution in [3.8, 4) is 0 Å². The number of furan rings is 1. The van der Waals surface area contributed by atoms with E-state index in [1.807, 2.05) is 12.1 Å². The molecule has 5 nitrogen and oxygen atoms in total. The van der Waals surface area contributed by atoms with Gasteiger partial charge in [0, 0.05) is 26.3 Å². The third kappa shape index (κ3) is 7.84. The highest BCUT2D eigenvalue weighted by atomic mass is 16.5. The van der Waals surface area contributed by atoms with Gasteiger partial charge in [0.1, 0.15) is 12.3 Å². The first-order valence-corrected chi connectivity index (χ1v) is 7.49. The summed E-state index contributed by atoms with van der Waals surface area (Å²) in [7, 11) is 0. The molecular formula is C15H27N3O2. The maximum atomic E-state index is 5.52. The van der Waals surface area contributed by atoms with Gasteiger partial charge in [0.2, 0.25) is 0 Å². The molecule has 1 heterocycles. The number of nitrogens with one attached hydrogen (secondary N) is 2. The van der Waals surface area contributed by atoms with E-state index in [1.54, 1.807) is 6.26 Å². The Morgan fingerprint density at radius 1 is 1.25 bits per heavy atom. The van der Waals surface area contributed by atoms with E-state index in [-0.39, 0.29) is 0 Å². The Morgan fingerprint density at radius 2 is 2.10 bits per heavy atom. The number of guanidine groups is 1. The van der Waals surface area contributed by atoms with Gasteiger partial charge in [-0.05, 0) is 31.9 Å². The van der Waals surface area contributed by atoms with Gasteiger partial charge in [0.15, 0.2) is 5.96 Å². The fraction of sp³-hybridized carbons (Fsp3) is 0.667. The summed E-state index contributed by atoms with van der Waals surface area (Å²) in [6.45, 7) is 8.14. The quantitative estimate of drug-likeness (QED) is 0.393. The lowest BCUT2D eigenvalue weighted by Crippen LogP contribution is -2.38. The second kappa shape index (κ2) is 11.3. The molecule has 0 spiro atoms. The van der Waals surface area contributed by atoms with Crippen LogP contribution in [0, 0.1) is 0 Å². The molecule has 1 aromatic heterocycles. The Hall–Kier alpha value is -1.49. The Morgan fingerprint density at radius 3 is 2.80 bits per heavy atom. The number of rotatable bonds is 10. The van der Waals surface area contributed by atoms with Gasteiger partial charge in [-0.2, -0.15) is 0 Å². The first-order valence-electron chi connectivity index (χ1n) is 7.49. The number of ether oxygens (including phenoxy) is 1. The summed E-state index contributed by atoms with van der Waals surface area (Å²) in [5.74, 6) is 1.68. The monoisotopic (exact) mass is 281 g/mol. The van der Waals surface area contributed by atoms with Gasteiger partial charge in [0.25, 0.3) is 0 Å². The molecule has 0 aliphatic heterocycles. The van der Waals surface area contributed by atoms with Crippen molar-refractivity contribution < 1.29 is 9.15 Å². The molecule has 1 rings (SSSR count). The van der Waals surface area contributed by atoms with Gasteiger partial charge >= 0.3 is 0 Å². The molecule has 0 radical (unpaired) electrons. The Labute approximate surface area is 121 Å². The SMILES string of the molecule is CCCCOCCCNC(=NCc1ccco1)NCC. The third-order valence-corrected chi connectivity index (χ3v) is 2.72. The Kier molecular flexibility index (Phi) is 9.40. The van der Waals surface area contributed by atoms with E-state index in [9.17, 15) is 0 Å². The van der Waals surface area contributed by atoms with E-state index in [0.717, 1.165) is 50.9 Å². The summed E-state index contributed by atoms with van der Waals surface area (Å²) < 4.78 is 10.8. The molecule has 5 heteroatoms. The van der Waals surface area contributed by atoms with E-state index >= 15 is 0 Å². The highest BCUT2D eigenvalue weighted by Crippen LogP contribution is 2.01. The molecule has 0 aliphatic rings. The molecule has 0 unspecified atom stereocenters. The van der Waals surface area contributed by atoms with E-state index in [0.29, 0.717) is 6.54 Å². The average molecular weight is 281 g/mol. The topological polar surface area (TPSA) is 58.8 Å². The number of unbranched alkanes of at least 4 members (excludes halogenated alkanes) is 1. The minimum atomic E-state index is 0.551. The normalized spacial score (nSPS) is 11.6. The van der Waals surface area contributed by atoms with E-state index < -0.39 is 0 Å². The maximum absolute atomic E-state index is 5.52. The van der Waals surface area contributed by atoms with Crippen molar-refractivity contribution in [1.29, 1.82) is 0 Å². The van der Waals surface area contributed by atoms with E-state index in [4.69, 9.17) is 9.15 Å². The summed E-state index contributed by atoms with van der Waals surface area (Å²) in [6.07, 6.45) is 4.97. The largest absolute Gasteiger partial charge is 0.467 e. The highest BCUT2D eigenvalue weighted by molar-refractivity contribution is 5.79. The van der Waals surface area contributed by atoms with Crippen molar-refractivity contribution in [3.05, 3.63) is 24.2 Å². The molecule has 114 valence electrons. The lowest BCUT2D eigenvalue weighted by Gasteiger charge is -2.11. The molecule has 2 N–H and O–H groups in total. The van der Waals surface area contributed by atoms with Crippen LogP contribution in [0.2, 0.25) is 0 Å². The van der Waals surface area contributed by atoms with Crippen molar-refractivity contribution in [3.63, 3.8) is 0 Å². The predicted molar refractivity (Wildman–Crippen MR) is 81.9 cm³/mol. The van der Waals surface area contributed by atoms with Crippen molar-refractivity contribution in [2.75, 3.05) is 26.3 Å². The van der Waals surface area contributed by atoms with Crippen molar-refractivity contribution in [2.45, 2.75) is 39.7 Å². The summed E-state index contributed by atoms with van der Waals surface area (Å²) in [6, 6.07) is 3.80. The van der Waals surface area contributed by atoms with Crippen LogP contribution in [0.4, 0.5) is 0 Å². The van der Waals surface area contributed by atoms with Gasteiger partial charge < -0.3 is 19.8 Å². The molecule has 0 fully saturated rings. The van der Waals surface area contributed by atoms with Crippen LogP contribution in [-0.2, 0) is 11.3 Å². The van der Waals surface area contributed by atoms with Gasteiger partial charge in [-0.1, -0.05) is 13.3 Å². The summed E-state index contributed by atoms with van der Waals surface area (Å²) in [5, 5.41) is 6.50. The molecule has 1 aromatic rings. The molecule has 0 saturated carbocycles. The standard InChI is InChI=1S/C15H27N3O2/c1-3-5-10-19-11-7-9-17-15(16-4-2)18-13-14-8-6-12-20-14/h6,8,12H,3-5,7,9-11,13H2,1-2H3,(H2,16,17,18). The highest BCUT2D eigenvalue weighted by Gasteiger charge is 1.98. The van der Waals surface area contributed by atoms with E-state index in [2.05, 4.69) is 29.5 Å². The van der Waals surface area contributed by atoms with Crippen LogP contribution in [0.1, 0.15) is 38.9 Å². The fourth-order valence-electron chi connectivity index (χ4n) is 1.63. The Bertz CT molecular complexity index is 350. The zero-order valence-electron chi connectivity index (χ0n) is 12.7. The first kappa shape index (κ1) is 16.6. The zero-order chi connectivity index (χ0) is 14.5. The lowest BCUT2D eigenvalue weighted by atomic mass is 10.4. The van der Waals surface area contributed by atoms with Crippen LogP contribution in [0.5, 0.6) is 0 Å². The third-order valence-electron chi connectivity index (χ3n) is 2.72. The van der Waals surface area contributed by atoms with Crippen LogP contribution in [0.15, 0.2) is 27.8 Å². The smallest absolute Gasteiger partial charge is 0.191 e. The summed E-state index contributed by atoms with van der Waals surface area (Å²) in [4.78, 5) is 4.46. The minimum absolute atomic E-state index is 0.551. The fourth-order valence-corrected chi connectivity index (χ4v) is 1.63. The molecule has 0 saturated heterocycles. The van der Waals surface area contributed by atoms with Crippen molar-refractivity contribution in [2.24, 2.45) is 4.99 Å². The first-order chi connectivity index (χ1) is 9.86. The molecule has 20 heavy (non-hydrogen) atoms. The van der Waals surface area contributed by atoms with Gasteiger partial charge in [-0.15, -0.1) is 0 Å². The van der Waals surface area contributed by atoms with Gasteiger partial charge in [-0.25, -0.2) is 4.99 Å². The number of nitrogens with zero attached hydrogens (tertiary/aromatic N) is 1.